The zero-order chi connectivity index (χ0) is 19.7. The smallest absolute Gasteiger partial charge is 0.406 e. The van der Waals surface area contributed by atoms with Crippen LogP contribution in [-0.2, 0) is 0 Å². The van der Waals surface area contributed by atoms with Gasteiger partial charge in [0.2, 0.25) is 0 Å². The summed E-state index contributed by atoms with van der Waals surface area (Å²) >= 11 is 1.24. The zero-order valence-electron chi connectivity index (χ0n) is 14.8. The second kappa shape index (κ2) is 7.15. The van der Waals surface area contributed by atoms with E-state index in [1.807, 2.05) is 0 Å². The molecule has 1 aromatic rings. The number of benzene rings is 1. The Balaban J connectivity index is 1.81. The maximum atomic E-state index is 12.9. The van der Waals surface area contributed by atoms with Crippen LogP contribution in [0.1, 0.15) is 48.9 Å². The van der Waals surface area contributed by atoms with Gasteiger partial charge in [-0.15, -0.1) is 13.2 Å². The number of hydrogen-bond acceptors (Lipinski definition) is 5. The van der Waals surface area contributed by atoms with Crippen molar-refractivity contribution >= 4 is 23.5 Å². The van der Waals surface area contributed by atoms with Crippen LogP contribution in [0.15, 0.2) is 18.2 Å². The number of carbonyl (C=O) groups excluding carboxylic acids is 1. The first-order valence-corrected chi connectivity index (χ1v) is 9.85. The molecule has 3 aliphatic rings. The van der Waals surface area contributed by atoms with E-state index in [1.54, 1.807) is 6.26 Å². The molecule has 5 nitrogen and oxygen atoms in total. The summed E-state index contributed by atoms with van der Waals surface area (Å²) in [5, 5.41) is 12.4. The fourth-order valence-corrected chi connectivity index (χ4v) is 4.35. The Morgan fingerprint density at radius 3 is 2.37 bits per heavy atom. The maximum Gasteiger partial charge on any atom is 0.573 e. The number of nitriles is 1. The highest BCUT2D eigenvalue weighted by Crippen LogP contribution is 2.52. The van der Waals surface area contributed by atoms with E-state index in [0.29, 0.717) is 24.9 Å². The summed E-state index contributed by atoms with van der Waals surface area (Å²) in [6, 6.07) is 6.08. The lowest BCUT2D eigenvalue weighted by Gasteiger charge is -2.50. The van der Waals surface area contributed by atoms with Crippen molar-refractivity contribution in [1.82, 2.24) is 5.32 Å². The van der Waals surface area contributed by atoms with Crippen LogP contribution in [0.25, 0.3) is 0 Å². The van der Waals surface area contributed by atoms with Gasteiger partial charge in [0, 0.05) is 11.8 Å². The number of halogens is 3. The number of rotatable bonds is 5. The lowest BCUT2D eigenvalue weighted by molar-refractivity contribution is -0.274. The summed E-state index contributed by atoms with van der Waals surface area (Å²) in [7, 11) is 0. The monoisotopic (exact) mass is 399 g/mol. The summed E-state index contributed by atoms with van der Waals surface area (Å²) in [5.41, 5.74) is -0.154. The first-order chi connectivity index (χ1) is 12.7. The second-order valence-electron chi connectivity index (χ2n) is 7.19. The summed E-state index contributed by atoms with van der Waals surface area (Å²) in [5.74, 6) is -0.877. The number of alkyl halides is 3. The van der Waals surface area contributed by atoms with Crippen LogP contribution in [0, 0.1) is 16.7 Å². The SMILES string of the molecule is CSNc1ccc(OC(F)(F)F)cc1C(=O)NC12CCC(C#N)(CC1)CC2. The van der Waals surface area contributed by atoms with Gasteiger partial charge in [0.05, 0.1) is 22.7 Å². The molecule has 4 rings (SSSR count). The van der Waals surface area contributed by atoms with Gasteiger partial charge in [-0.1, -0.05) is 11.9 Å². The van der Waals surface area contributed by atoms with E-state index in [9.17, 15) is 23.2 Å². The molecule has 3 saturated carbocycles. The Kier molecular flexibility index (Phi) is 5.21. The van der Waals surface area contributed by atoms with Crippen LogP contribution >= 0.6 is 11.9 Å². The molecule has 0 saturated heterocycles. The third-order valence-electron chi connectivity index (χ3n) is 5.54. The fourth-order valence-electron chi connectivity index (χ4n) is 3.96. The van der Waals surface area contributed by atoms with Crippen molar-refractivity contribution in [3.63, 3.8) is 0 Å². The van der Waals surface area contributed by atoms with Gasteiger partial charge in [-0.2, -0.15) is 5.26 Å². The van der Waals surface area contributed by atoms with E-state index in [2.05, 4.69) is 20.8 Å². The topological polar surface area (TPSA) is 74.2 Å². The van der Waals surface area contributed by atoms with E-state index in [1.165, 1.54) is 24.1 Å². The van der Waals surface area contributed by atoms with Crippen molar-refractivity contribution in [3.8, 4) is 11.8 Å². The van der Waals surface area contributed by atoms with Crippen molar-refractivity contribution < 1.29 is 22.7 Å². The molecule has 3 fully saturated rings. The van der Waals surface area contributed by atoms with Crippen LogP contribution < -0.4 is 14.8 Å². The quantitative estimate of drug-likeness (QED) is 0.707. The normalized spacial score (nSPS) is 26.9. The molecule has 0 heterocycles. The average Bonchev–Trinajstić information content (AvgIpc) is 2.63. The van der Waals surface area contributed by atoms with Gasteiger partial charge in [0.25, 0.3) is 5.91 Å². The molecule has 146 valence electrons. The molecule has 2 bridgehead atoms. The molecule has 3 aliphatic carbocycles. The summed E-state index contributed by atoms with van der Waals surface area (Å²) in [6.07, 6.45) is 1.24. The number of fused-ring (bicyclic) bond motifs is 3. The number of amides is 1. The number of carbonyl (C=O) groups is 1. The summed E-state index contributed by atoms with van der Waals surface area (Å²) < 4.78 is 44.4. The lowest BCUT2D eigenvalue weighted by atomic mass is 9.58. The Bertz CT molecular complexity index is 752. The largest absolute Gasteiger partial charge is 0.573 e. The van der Waals surface area contributed by atoms with Crippen molar-refractivity contribution in [2.75, 3.05) is 11.0 Å². The van der Waals surface area contributed by atoms with Gasteiger partial charge in [0.15, 0.2) is 0 Å². The lowest BCUT2D eigenvalue weighted by Crippen LogP contribution is -2.56. The minimum absolute atomic E-state index is 0.100. The van der Waals surface area contributed by atoms with Gasteiger partial charge in [-0.3, -0.25) is 4.79 Å². The molecule has 0 atom stereocenters. The maximum absolute atomic E-state index is 12.9. The molecule has 0 spiro atoms. The van der Waals surface area contributed by atoms with Crippen molar-refractivity contribution in [3.05, 3.63) is 23.8 Å². The van der Waals surface area contributed by atoms with E-state index in [4.69, 9.17) is 0 Å². The van der Waals surface area contributed by atoms with Crippen LogP contribution in [0.2, 0.25) is 0 Å². The standard InChI is InChI=1S/C18H20F3N3O2S/c1-27-24-14-3-2-12(26-18(19,20)21)10-13(14)15(25)23-17-7-4-16(11-22,5-8-17)6-9-17/h2-3,10,24H,4-9H2,1H3,(H,23,25). The predicted octanol–water partition coefficient (Wildman–Crippen LogP) is 4.62. The van der Waals surface area contributed by atoms with Crippen LogP contribution in [0.5, 0.6) is 5.75 Å². The molecule has 9 heteroatoms. The Morgan fingerprint density at radius 1 is 1.22 bits per heavy atom. The van der Waals surface area contributed by atoms with Crippen LogP contribution in [-0.4, -0.2) is 24.1 Å². The number of anilines is 1. The average molecular weight is 399 g/mol. The zero-order valence-corrected chi connectivity index (χ0v) is 15.6. The second-order valence-corrected chi connectivity index (χ2v) is 7.80. The Hall–Kier alpha value is -2.08. The van der Waals surface area contributed by atoms with Gasteiger partial charge in [-0.05, 0) is 56.7 Å². The number of nitrogens with zero attached hydrogens (tertiary/aromatic N) is 1. The third-order valence-corrected chi connectivity index (χ3v) is 5.97. The number of nitrogens with one attached hydrogen (secondary N) is 2. The molecule has 1 amide bonds. The molecular formula is C18H20F3N3O2S. The Labute approximate surface area is 159 Å². The highest BCUT2D eigenvalue weighted by molar-refractivity contribution is 7.99. The minimum atomic E-state index is -4.83. The van der Waals surface area contributed by atoms with E-state index >= 15 is 0 Å². The fraction of sp³-hybridized carbons (Fsp3) is 0.556. The number of ether oxygens (including phenoxy) is 1. The van der Waals surface area contributed by atoms with Crippen LogP contribution in [0.3, 0.4) is 0 Å². The van der Waals surface area contributed by atoms with Crippen molar-refractivity contribution in [1.29, 1.82) is 5.26 Å². The molecule has 0 aromatic heterocycles. The van der Waals surface area contributed by atoms with E-state index in [-0.39, 0.29) is 11.0 Å². The summed E-state index contributed by atoms with van der Waals surface area (Å²) in [4.78, 5) is 12.9. The van der Waals surface area contributed by atoms with E-state index < -0.39 is 23.6 Å². The molecule has 27 heavy (non-hydrogen) atoms. The Morgan fingerprint density at radius 2 is 1.85 bits per heavy atom. The van der Waals surface area contributed by atoms with Gasteiger partial charge in [0.1, 0.15) is 5.75 Å². The van der Waals surface area contributed by atoms with E-state index in [0.717, 1.165) is 25.3 Å². The molecular weight excluding hydrogens is 379 g/mol. The molecule has 2 N–H and O–H groups in total. The molecule has 0 unspecified atom stereocenters. The molecule has 0 radical (unpaired) electrons. The third kappa shape index (κ3) is 4.26. The highest BCUT2D eigenvalue weighted by atomic mass is 32.2. The molecule has 0 aliphatic heterocycles. The van der Waals surface area contributed by atoms with Gasteiger partial charge in [-0.25, -0.2) is 0 Å². The number of hydrogen-bond donors (Lipinski definition) is 2. The summed E-state index contributed by atoms with van der Waals surface area (Å²) in [6.45, 7) is 0. The molecule has 1 aromatic carbocycles. The van der Waals surface area contributed by atoms with Crippen molar-refractivity contribution in [2.45, 2.75) is 50.4 Å². The first kappa shape index (κ1) is 19.7. The highest BCUT2D eigenvalue weighted by Gasteiger charge is 2.49. The predicted molar refractivity (Wildman–Crippen MR) is 96.2 cm³/mol. The van der Waals surface area contributed by atoms with Gasteiger partial charge >= 0.3 is 6.36 Å². The minimum Gasteiger partial charge on any atom is -0.406 e. The first-order valence-electron chi connectivity index (χ1n) is 8.62. The van der Waals surface area contributed by atoms with Crippen LogP contribution in [0.4, 0.5) is 18.9 Å². The van der Waals surface area contributed by atoms with Gasteiger partial charge < -0.3 is 14.8 Å². The van der Waals surface area contributed by atoms with Crippen molar-refractivity contribution in [2.24, 2.45) is 5.41 Å².